The van der Waals surface area contributed by atoms with Crippen LogP contribution in [-0.4, -0.2) is 20.7 Å². The number of anilines is 1. The predicted molar refractivity (Wildman–Crippen MR) is 117 cm³/mol. The number of pyridine rings is 1. The number of aromatic nitrogens is 3. The summed E-state index contributed by atoms with van der Waals surface area (Å²) in [6.07, 6.45) is 4.95. The molecule has 0 saturated heterocycles. The van der Waals surface area contributed by atoms with Crippen LogP contribution in [0.25, 0.3) is 10.8 Å². The average Bonchev–Trinajstić information content (AvgIpc) is 2.78. The number of benzene rings is 2. The van der Waals surface area contributed by atoms with Gasteiger partial charge in [-0.05, 0) is 41.8 Å². The largest absolute Gasteiger partial charge is 0.324 e. The van der Waals surface area contributed by atoms with Gasteiger partial charge in [0, 0.05) is 29.9 Å². The first-order chi connectivity index (χ1) is 14.6. The molecule has 1 N–H and O–H groups in total. The molecule has 30 heavy (non-hydrogen) atoms. The van der Waals surface area contributed by atoms with E-state index < -0.39 is 0 Å². The van der Waals surface area contributed by atoms with E-state index in [1.165, 1.54) is 10.2 Å². The van der Waals surface area contributed by atoms with Crippen LogP contribution >= 0.6 is 0 Å². The minimum absolute atomic E-state index is 0.154. The number of hydrogen-bond acceptors (Lipinski definition) is 4. The van der Waals surface area contributed by atoms with Gasteiger partial charge in [-0.1, -0.05) is 43.3 Å². The summed E-state index contributed by atoms with van der Waals surface area (Å²) in [7, 11) is 0. The van der Waals surface area contributed by atoms with Crippen LogP contribution in [0.1, 0.15) is 23.7 Å². The Kier molecular flexibility index (Phi) is 5.66. The molecular weight excluding hydrogens is 376 g/mol. The molecule has 0 atom stereocenters. The fourth-order valence-corrected chi connectivity index (χ4v) is 3.40. The molecule has 0 fully saturated rings. The van der Waals surface area contributed by atoms with E-state index >= 15 is 0 Å². The van der Waals surface area contributed by atoms with E-state index in [4.69, 9.17) is 0 Å². The van der Waals surface area contributed by atoms with E-state index in [-0.39, 0.29) is 18.0 Å². The molecule has 0 aliphatic rings. The fourth-order valence-electron chi connectivity index (χ4n) is 3.40. The molecule has 150 valence electrons. The lowest BCUT2D eigenvalue weighted by molar-refractivity contribution is -0.117. The summed E-state index contributed by atoms with van der Waals surface area (Å²) in [6.45, 7) is 1.92. The van der Waals surface area contributed by atoms with Crippen molar-refractivity contribution >= 4 is 22.4 Å². The number of hydrogen-bond donors (Lipinski definition) is 1. The van der Waals surface area contributed by atoms with Gasteiger partial charge in [0.1, 0.15) is 6.54 Å². The zero-order valence-corrected chi connectivity index (χ0v) is 16.7. The van der Waals surface area contributed by atoms with Crippen molar-refractivity contribution in [3.63, 3.8) is 0 Å². The molecule has 2 aromatic carbocycles. The lowest BCUT2D eigenvalue weighted by Crippen LogP contribution is -2.30. The molecule has 2 heterocycles. The number of rotatable bonds is 6. The highest BCUT2D eigenvalue weighted by molar-refractivity contribution is 5.91. The summed E-state index contributed by atoms with van der Waals surface area (Å²) in [4.78, 5) is 29.6. The molecule has 4 rings (SSSR count). The van der Waals surface area contributed by atoms with Crippen molar-refractivity contribution in [2.24, 2.45) is 0 Å². The van der Waals surface area contributed by atoms with Gasteiger partial charge in [0.05, 0.1) is 11.1 Å². The summed E-state index contributed by atoms with van der Waals surface area (Å²) in [5.74, 6) is -0.295. The monoisotopic (exact) mass is 398 g/mol. The SMILES string of the molecule is CCc1ccc(NC(=O)Cn2nc(Cc3cccnc3)c3ccccc3c2=O)cc1. The van der Waals surface area contributed by atoms with Gasteiger partial charge in [-0.15, -0.1) is 0 Å². The lowest BCUT2D eigenvalue weighted by atomic mass is 10.1. The Balaban J connectivity index is 1.63. The van der Waals surface area contributed by atoms with Crippen LogP contribution in [0.5, 0.6) is 0 Å². The molecule has 4 aromatic rings. The zero-order chi connectivity index (χ0) is 20.9. The number of amides is 1. The van der Waals surface area contributed by atoms with Crippen LogP contribution in [0, 0.1) is 0 Å². The summed E-state index contributed by atoms with van der Waals surface area (Å²) in [5.41, 5.74) is 3.33. The second kappa shape index (κ2) is 8.69. The zero-order valence-electron chi connectivity index (χ0n) is 16.7. The quantitative estimate of drug-likeness (QED) is 0.539. The van der Waals surface area contributed by atoms with Gasteiger partial charge in [-0.2, -0.15) is 5.10 Å². The molecule has 0 aliphatic heterocycles. The van der Waals surface area contributed by atoms with Crippen LogP contribution in [0.15, 0.2) is 77.9 Å². The van der Waals surface area contributed by atoms with Gasteiger partial charge in [0.2, 0.25) is 5.91 Å². The second-order valence-corrected chi connectivity index (χ2v) is 7.09. The summed E-state index contributed by atoms with van der Waals surface area (Å²) >= 11 is 0. The maximum absolute atomic E-state index is 12.9. The van der Waals surface area contributed by atoms with Crippen molar-refractivity contribution in [1.29, 1.82) is 0 Å². The van der Waals surface area contributed by atoms with Crippen LogP contribution in [0.4, 0.5) is 5.69 Å². The minimum Gasteiger partial charge on any atom is -0.324 e. The average molecular weight is 398 g/mol. The number of aryl methyl sites for hydroxylation is 1. The highest BCUT2D eigenvalue weighted by Gasteiger charge is 2.13. The predicted octanol–water partition coefficient (Wildman–Crippen LogP) is 3.58. The van der Waals surface area contributed by atoms with Gasteiger partial charge in [-0.25, -0.2) is 4.68 Å². The molecule has 0 saturated carbocycles. The van der Waals surface area contributed by atoms with Crippen molar-refractivity contribution in [1.82, 2.24) is 14.8 Å². The van der Waals surface area contributed by atoms with E-state index in [1.54, 1.807) is 18.5 Å². The molecule has 0 unspecified atom stereocenters. The van der Waals surface area contributed by atoms with Crippen LogP contribution in [0.3, 0.4) is 0 Å². The summed E-state index contributed by atoms with van der Waals surface area (Å²) < 4.78 is 1.24. The Morgan fingerprint density at radius 1 is 0.967 bits per heavy atom. The Morgan fingerprint density at radius 2 is 1.73 bits per heavy atom. The minimum atomic E-state index is -0.295. The molecule has 0 spiro atoms. The standard InChI is InChI=1S/C24H22N4O2/c1-2-17-9-11-19(12-10-17)26-23(29)16-28-24(30)21-8-4-3-7-20(21)22(27-28)14-18-6-5-13-25-15-18/h3-13,15H,2,14,16H2,1H3,(H,26,29). The number of fused-ring (bicyclic) bond motifs is 1. The van der Waals surface area contributed by atoms with Gasteiger partial charge in [0.25, 0.3) is 5.56 Å². The van der Waals surface area contributed by atoms with E-state index in [0.717, 1.165) is 23.1 Å². The molecule has 0 aliphatic carbocycles. The highest BCUT2D eigenvalue weighted by atomic mass is 16.2. The van der Waals surface area contributed by atoms with Crippen molar-refractivity contribution in [3.05, 3.63) is 100 Å². The molecule has 6 heteroatoms. The first-order valence-corrected chi connectivity index (χ1v) is 9.90. The van der Waals surface area contributed by atoms with Crippen LogP contribution in [-0.2, 0) is 24.2 Å². The molecule has 2 aromatic heterocycles. The Morgan fingerprint density at radius 3 is 2.43 bits per heavy atom. The van der Waals surface area contributed by atoms with Crippen molar-refractivity contribution < 1.29 is 4.79 Å². The Labute approximate surface area is 174 Å². The van der Waals surface area contributed by atoms with Crippen LogP contribution < -0.4 is 10.9 Å². The number of carbonyl (C=O) groups is 1. The van der Waals surface area contributed by atoms with E-state index in [2.05, 4.69) is 22.3 Å². The van der Waals surface area contributed by atoms with E-state index in [9.17, 15) is 9.59 Å². The lowest BCUT2D eigenvalue weighted by Gasteiger charge is -2.12. The Hall–Kier alpha value is -3.80. The van der Waals surface area contributed by atoms with Gasteiger partial charge in [-0.3, -0.25) is 14.6 Å². The topological polar surface area (TPSA) is 76.9 Å². The van der Waals surface area contributed by atoms with E-state index in [1.807, 2.05) is 54.6 Å². The van der Waals surface area contributed by atoms with Gasteiger partial charge < -0.3 is 5.32 Å². The maximum atomic E-state index is 12.9. The molecule has 6 nitrogen and oxygen atoms in total. The number of nitrogens with one attached hydrogen (secondary N) is 1. The van der Waals surface area contributed by atoms with Gasteiger partial charge in [0.15, 0.2) is 0 Å². The normalized spacial score (nSPS) is 10.8. The first-order valence-electron chi connectivity index (χ1n) is 9.90. The highest BCUT2D eigenvalue weighted by Crippen LogP contribution is 2.17. The third-order valence-electron chi connectivity index (χ3n) is 4.98. The third kappa shape index (κ3) is 4.27. The molecular formula is C24H22N4O2. The first kappa shape index (κ1) is 19.5. The molecule has 0 bridgehead atoms. The number of nitrogens with zero attached hydrogens (tertiary/aromatic N) is 3. The van der Waals surface area contributed by atoms with Crippen molar-refractivity contribution in [3.8, 4) is 0 Å². The van der Waals surface area contributed by atoms with Crippen LogP contribution in [0.2, 0.25) is 0 Å². The molecule has 0 radical (unpaired) electrons. The van der Waals surface area contributed by atoms with Gasteiger partial charge >= 0.3 is 0 Å². The van der Waals surface area contributed by atoms with E-state index in [0.29, 0.717) is 17.5 Å². The summed E-state index contributed by atoms with van der Waals surface area (Å²) in [6, 6.07) is 18.9. The molecule has 1 amide bonds. The second-order valence-electron chi connectivity index (χ2n) is 7.09. The van der Waals surface area contributed by atoms with Crippen molar-refractivity contribution in [2.45, 2.75) is 26.3 Å². The fraction of sp³-hybridized carbons (Fsp3) is 0.167. The third-order valence-corrected chi connectivity index (χ3v) is 4.98. The Bertz CT molecular complexity index is 1230. The maximum Gasteiger partial charge on any atom is 0.275 e. The summed E-state index contributed by atoms with van der Waals surface area (Å²) in [5, 5.41) is 8.70. The smallest absolute Gasteiger partial charge is 0.275 e. The number of carbonyl (C=O) groups excluding carboxylic acids is 1. The van der Waals surface area contributed by atoms with Crippen molar-refractivity contribution in [2.75, 3.05) is 5.32 Å².